The van der Waals surface area contributed by atoms with Crippen molar-refractivity contribution in [1.82, 2.24) is 15.3 Å². The summed E-state index contributed by atoms with van der Waals surface area (Å²) >= 11 is 3.53. The monoisotopic (exact) mass is 305 g/mol. The van der Waals surface area contributed by atoms with Crippen molar-refractivity contribution >= 4 is 38.6 Å². The number of anilines is 1. The molecule has 0 spiro atoms. The molecule has 92 valence electrons. The van der Waals surface area contributed by atoms with Crippen molar-refractivity contribution < 1.29 is 0 Å². The van der Waals surface area contributed by atoms with Gasteiger partial charge in [0.05, 0.1) is 12.1 Å². The van der Waals surface area contributed by atoms with Gasteiger partial charge in [-0.3, -0.25) is 15.0 Å². The summed E-state index contributed by atoms with van der Waals surface area (Å²) in [5, 5.41) is 6.47. The van der Waals surface area contributed by atoms with Crippen LogP contribution in [0.4, 0.5) is 5.69 Å². The van der Waals surface area contributed by atoms with Gasteiger partial charge in [-0.25, -0.2) is 0 Å². The van der Waals surface area contributed by atoms with E-state index in [1.165, 1.54) is 0 Å². The summed E-state index contributed by atoms with van der Waals surface area (Å²) in [7, 11) is 0. The third-order valence-corrected chi connectivity index (χ3v) is 3.49. The van der Waals surface area contributed by atoms with Crippen LogP contribution in [0.2, 0.25) is 0 Å². The topological polar surface area (TPSA) is 62.2 Å². The highest BCUT2D eigenvalue weighted by Crippen LogP contribution is 2.29. The quantitative estimate of drug-likeness (QED) is 0.847. The van der Waals surface area contributed by atoms with Crippen molar-refractivity contribution in [2.45, 2.75) is 6.92 Å². The first-order valence-corrected chi connectivity index (χ1v) is 6.50. The number of hydrogen-bond acceptors (Lipinski definition) is 5. The average molecular weight is 306 g/mol. The molecule has 0 saturated heterocycles. The Hall–Kier alpha value is -1.69. The summed E-state index contributed by atoms with van der Waals surface area (Å²) in [6.07, 6.45) is 3.40. The minimum atomic E-state index is 0.813. The van der Waals surface area contributed by atoms with Crippen molar-refractivity contribution in [1.29, 1.82) is 0 Å². The molecule has 1 aromatic heterocycles. The molecule has 0 saturated carbocycles. The molecule has 0 unspecified atom stereocenters. The third-order valence-electron chi connectivity index (χ3n) is 2.88. The van der Waals surface area contributed by atoms with Crippen LogP contribution in [0.25, 0.3) is 11.0 Å². The lowest BCUT2D eigenvalue weighted by atomic mass is 10.1. The Kier molecular flexibility index (Phi) is 2.87. The minimum Gasteiger partial charge on any atom is -0.354 e. The van der Waals surface area contributed by atoms with E-state index in [4.69, 9.17) is 0 Å². The van der Waals surface area contributed by atoms with Gasteiger partial charge < -0.3 is 10.6 Å². The van der Waals surface area contributed by atoms with Gasteiger partial charge in [0.25, 0.3) is 0 Å². The van der Waals surface area contributed by atoms with Crippen molar-refractivity contribution in [3.63, 3.8) is 0 Å². The van der Waals surface area contributed by atoms with Crippen LogP contribution in [-0.2, 0) is 0 Å². The number of guanidine groups is 1. The minimum absolute atomic E-state index is 0.813. The summed E-state index contributed by atoms with van der Waals surface area (Å²) in [5.41, 5.74) is 3.83. The number of fused-ring (bicyclic) bond motifs is 1. The molecule has 3 rings (SSSR count). The Morgan fingerprint density at radius 1 is 1.28 bits per heavy atom. The zero-order valence-electron chi connectivity index (χ0n) is 9.87. The van der Waals surface area contributed by atoms with E-state index in [9.17, 15) is 0 Å². The lowest BCUT2D eigenvalue weighted by Gasteiger charge is -2.12. The fraction of sp³-hybridized carbons (Fsp3) is 0.250. The first-order chi connectivity index (χ1) is 8.75. The number of aryl methyl sites for hydroxylation is 1. The molecule has 0 bridgehead atoms. The van der Waals surface area contributed by atoms with E-state index >= 15 is 0 Å². The molecule has 1 aliphatic rings. The Labute approximate surface area is 113 Å². The van der Waals surface area contributed by atoms with Gasteiger partial charge in [-0.1, -0.05) is 0 Å². The normalized spacial score (nSPS) is 14.4. The van der Waals surface area contributed by atoms with Crippen LogP contribution in [0, 0.1) is 6.92 Å². The second-order valence-electron chi connectivity index (χ2n) is 4.07. The predicted molar refractivity (Wildman–Crippen MR) is 75.9 cm³/mol. The van der Waals surface area contributed by atoms with Gasteiger partial charge in [-0.05, 0) is 28.9 Å². The number of nitrogens with zero attached hydrogens (tertiary/aromatic N) is 3. The summed E-state index contributed by atoms with van der Waals surface area (Å²) in [6, 6.07) is 2.01. The number of aliphatic imine (C=N–C) groups is 1. The highest BCUT2D eigenvalue weighted by atomic mass is 79.9. The van der Waals surface area contributed by atoms with Gasteiger partial charge in [0.1, 0.15) is 5.52 Å². The Morgan fingerprint density at radius 2 is 2.06 bits per heavy atom. The lowest BCUT2D eigenvalue weighted by molar-refractivity contribution is 0.959. The van der Waals surface area contributed by atoms with Crippen LogP contribution in [-0.4, -0.2) is 29.0 Å². The molecule has 0 aliphatic carbocycles. The van der Waals surface area contributed by atoms with Crippen LogP contribution >= 0.6 is 15.9 Å². The van der Waals surface area contributed by atoms with Gasteiger partial charge >= 0.3 is 0 Å². The molecular weight excluding hydrogens is 294 g/mol. The zero-order chi connectivity index (χ0) is 12.5. The number of halogens is 1. The maximum atomic E-state index is 4.38. The van der Waals surface area contributed by atoms with Crippen molar-refractivity contribution in [2.75, 3.05) is 18.4 Å². The summed E-state index contributed by atoms with van der Waals surface area (Å²) in [4.78, 5) is 13.0. The molecular formula is C12H12BrN5. The molecule has 0 amide bonds. The highest BCUT2D eigenvalue weighted by Gasteiger charge is 2.12. The van der Waals surface area contributed by atoms with Crippen molar-refractivity contribution in [3.05, 3.63) is 28.5 Å². The van der Waals surface area contributed by atoms with E-state index in [2.05, 4.69) is 41.5 Å². The number of nitrogens with one attached hydrogen (secondary N) is 2. The Balaban J connectivity index is 2.09. The summed E-state index contributed by atoms with van der Waals surface area (Å²) < 4.78 is 0.928. The SMILES string of the molecule is Cc1c(NC2=NCCN2)cc(Br)c2nccnc12. The van der Waals surface area contributed by atoms with Gasteiger partial charge in [0.15, 0.2) is 5.96 Å². The maximum absolute atomic E-state index is 4.38. The molecule has 2 heterocycles. The van der Waals surface area contributed by atoms with Crippen LogP contribution in [0.3, 0.4) is 0 Å². The third kappa shape index (κ3) is 1.92. The van der Waals surface area contributed by atoms with E-state index in [-0.39, 0.29) is 0 Å². The highest BCUT2D eigenvalue weighted by molar-refractivity contribution is 9.10. The smallest absolute Gasteiger partial charge is 0.195 e. The number of benzene rings is 1. The molecule has 6 heteroatoms. The summed E-state index contributed by atoms with van der Waals surface area (Å²) in [6.45, 7) is 3.73. The largest absolute Gasteiger partial charge is 0.354 e. The van der Waals surface area contributed by atoms with Gasteiger partial charge in [0, 0.05) is 34.7 Å². The zero-order valence-corrected chi connectivity index (χ0v) is 11.5. The van der Waals surface area contributed by atoms with Gasteiger partial charge in [0.2, 0.25) is 0 Å². The predicted octanol–water partition coefficient (Wildman–Crippen LogP) is 2.07. The molecule has 2 N–H and O–H groups in total. The van der Waals surface area contributed by atoms with E-state index in [0.29, 0.717) is 0 Å². The first-order valence-electron chi connectivity index (χ1n) is 5.71. The van der Waals surface area contributed by atoms with E-state index in [1.807, 2.05) is 13.0 Å². The fourth-order valence-corrected chi connectivity index (χ4v) is 2.48. The number of aromatic nitrogens is 2. The van der Waals surface area contributed by atoms with E-state index in [0.717, 1.165) is 45.8 Å². The molecule has 0 atom stereocenters. The molecule has 0 radical (unpaired) electrons. The standard InChI is InChI=1S/C12H12BrN5/c1-7-9(18-12-16-4-5-17-12)6-8(13)11-10(7)14-2-3-15-11/h2-3,6H,4-5H2,1H3,(H2,16,17,18). The first kappa shape index (κ1) is 11.4. The second-order valence-corrected chi connectivity index (χ2v) is 4.92. The maximum Gasteiger partial charge on any atom is 0.195 e. The molecule has 5 nitrogen and oxygen atoms in total. The number of rotatable bonds is 1. The Morgan fingerprint density at radius 3 is 2.78 bits per heavy atom. The van der Waals surface area contributed by atoms with Crippen molar-refractivity contribution in [2.24, 2.45) is 4.99 Å². The van der Waals surface area contributed by atoms with Crippen LogP contribution in [0.15, 0.2) is 27.9 Å². The molecule has 2 aromatic rings. The van der Waals surface area contributed by atoms with Crippen molar-refractivity contribution in [3.8, 4) is 0 Å². The van der Waals surface area contributed by atoms with Crippen LogP contribution in [0.5, 0.6) is 0 Å². The molecule has 0 fully saturated rings. The van der Waals surface area contributed by atoms with E-state index in [1.54, 1.807) is 12.4 Å². The molecule has 18 heavy (non-hydrogen) atoms. The van der Waals surface area contributed by atoms with E-state index < -0.39 is 0 Å². The molecule has 1 aromatic carbocycles. The fourth-order valence-electron chi connectivity index (χ4n) is 1.96. The summed E-state index contributed by atoms with van der Waals surface area (Å²) in [5.74, 6) is 0.813. The number of hydrogen-bond donors (Lipinski definition) is 2. The average Bonchev–Trinajstić information content (AvgIpc) is 2.89. The van der Waals surface area contributed by atoms with Crippen LogP contribution < -0.4 is 10.6 Å². The lowest BCUT2D eigenvalue weighted by Crippen LogP contribution is -2.26. The van der Waals surface area contributed by atoms with Gasteiger partial charge in [-0.15, -0.1) is 0 Å². The second kappa shape index (κ2) is 4.53. The van der Waals surface area contributed by atoms with Crippen LogP contribution in [0.1, 0.15) is 5.56 Å². The van der Waals surface area contributed by atoms with Gasteiger partial charge in [-0.2, -0.15) is 0 Å². The molecule has 1 aliphatic heterocycles. The Bertz CT molecular complexity index is 638.